The van der Waals surface area contributed by atoms with Crippen molar-refractivity contribution in [1.29, 1.82) is 0 Å². The SMILES string of the molecule is CCNC(=NCc1cc(OC)c(O)c(OC)c1)N(C)Cc1ccc(Cl)cc1. The number of hydrogen-bond acceptors (Lipinski definition) is 4. The Bertz CT molecular complexity index is 754. The van der Waals surface area contributed by atoms with Crippen LogP contribution in [-0.4, -0.2) is 43.8 Å². The summed E-state index contributed by atoms with van der Waals surface area (Å²) in [5.41, 5.74) is 2.01. The fourth-order valence-corrected chi connectivity index (χ4v) is 2.74. The summed E-state index contributed by atoms with van der Waals surface area (Å²) >= 11 is 5.95. The molecule has 0 bridgehead atoms. The van der Waals surface area contributed by atoms with Crippen LogP contribution in [0.3, 0.4) is 0 Å². The highest BCUT2D eigenvalue weighted by atomic mass is 35.5. The maximum absolute atomic E-state index is 10.0. The zero-order valence-corrected chi connectivity index (χ0v) is 16.9. The number of methoxy groups -OCH3 is 2. The molecule has 2 aromatic rings. The van der Waals surface area contributed by atoms with Gasteiger partial charge in [-0.2, -0.15) is 0 Å². The van der Waals surface area contributed by atoms with Crippen LogP contribution in [-0.2, 0) is 13.1 Å². The van der Waals surface area contributed by atoms with Crippen molar-refractivity contribution in [1.82, 2.24) is 10.2 Å². The van der Waals surface area contributed by atoms with Gasteiger partial charge in [-0.3, -0.25) is 0 Å². The van der Waals surface area contributed by atoms with Gasteiger partial charge < -0.3 is 24.8 Å². The Morgan fingerprint density at radius 2 is 1.70 bits per heavy atom. The molecule has 0 aliphatic rings. The number of aromatic hydroxyl groups is 1. The molecule has 0 saturated heterocycles. The predicted molar refractivity (Wildman–Crippen MR) is 109 cm³/mol. The van der Waals surface area contributed by atoms with Crippen molar-refractivity contribution in [3.63, 3.8) is 0 Å². The second kappa shape index (κ2) is 9.92. The van der Waals surface area contributed by atoms with Gasteiger partial charge in [0.25, 0.3) is 0 Å². The molecule has 0 fully saturated rings. The number of nitrogens with zero attached hydrogens (tertiary/aromatic N) is 2. The molecule has 27 heavy (non-hydrogen) atoms. The van der Waals surface area contributed by atoms with Gasteiger partial charge in [0.1, 0.15) is 0 Å². The van der Waals surface area contributed by atoms with Crippen molar-refractivity contribution >= 4 is 17.6 Å². The number of rotatable bonds is 7. The third-order valence-corrected chi connectivity index (χ3v) is 4.23. The third-order valence-electron chi connectivity index (χ3n) is 3.98. The van der Waals surface area contributed by atoms with Gasteiger partial charge in [-0.25, -0.2) is 4.99 Å². The molecule has 0 heterocycles. The quantitative estimate of drug-likeness (QED) is 0.557. The van der Waals surface area contributed by atoms with Crippen LogP contribution in [0.2, 0.25) is 5.02 Å². The highest BCUT2D eigenvalue weighted by Gasteiger charge is 2.12. The molecule has 0 spiro atoms. The van der Waals surface area contributed by atoms with Crippen LogP contribution in [0, 0.1) is 0 Å². The summed E-state index contributed by atoms with van der Waals surface area (Å²) in [6.45, 7) is 3.90. The first kappa shape index (κ1) is 20.7. The molecular weight excluding hydrogens is 366 g/mol. The lowest BCUT2D eigenvalue weighted by atomic mass is 10.2. The maximum Gasteiger partial charge on any atom is 0.200 e. The van der Waals surface area contributed by atoms with Crippen LogP contribution >= 0.6 is 11.6 Å². The van der Waals surface area contributed by atoms with E-state index in [0.29, 0.717) is 24.6 Å². The van der Waals surface area contributed by atoms with E-state index in [2.05, 4.69) is 5.32 Å². The summed E-state index contributed by atoms with van der Waals surface area (Å²) in [5.74, 6) is 1.48. The number of phenols is 1. The summed E-state index contributed by atoms with van der Waals surface area (Å²) in [6.07, 6.45) is 0. The molecule has 0 atom stereocenters. The van der Waals surface area contributed by atoms with Crippen LogP contribution < -0.4 is 14.8 Å². The molecule has 0 amide bonds. The van der Waals surface area contributed by atoms with E-state index in [9.17, 15) is 5.11 Å². The Kier molecular flexibility index (Phi) is 7.61. The Balaban J connectivity index is 2.18. The Morgan fingerprint density at radius 3 is 2.22 bits per heavy atom. The zero-order valence-electron chi connectivity index (χ0n) is 16.1. The summed E-state index contributed by atoms with van der Waals surface area (Å²) < 4.78 is 10.4. The molecule has 2 N–H and O–H groups in total. The average Bonchev–Trinajstić information content (AvgIpc) is 2.67. The molecule has 6 nitrogen and oxygen atoms in total. The van der Waals surface area contributed by atoms with E-state index >= 15 is 0 Å². The van der Waals surface area contributed by atoms with E-state index < -0.39 is 0 Å². The van der Waals surface area contributed by atoms with Gasteiger partial charge in [-0.1, -0.05) is 23.7 Å². The average molecular weight is 392 g/mol. The van der Waals surface area contributed by atoms with Crippen LogP contribution in [0.1, 0.15) is 18.1 Å². The summed E-state index contributed by atoms with van der Waals surface area (Å²) in [7, 11) is 4.99. The van der Waals surface area contributed by atoms with Gasteiger partial charge in [0.2, 0.25) is 5.75 Å². The lowest BCUT2D eigenvalue weighted by Gasteiger charge is -2.22. The topological polar surface area (TPSA) is 66.3 Å². The first-order valence-corrected chi connectivity index (χ1v) is 9.04. The molecule has 0 radical (unpaired) electrons. The normalized spacial score (nSPS) is 11.2. The van der Waals surface area contributed by atoms with Crippen LogP contribution in [0.4, 0.5) is 0 Å². The van der Waals surface area contributed by atoms with E-state index in [1.807, 2.05) is 43.1 Å². The predicted octanol–water partition coefficient (Wildman–Crippen LogP) is 3.66. The standard InChI is InChI=1S/C20H26ClN3O3/c1-5-22-20(24(2)13-14-6-8-16(21)9-7-14)23-12-15-10-17(26-3)19(25)18(11-15)27-4/h6-11,25H,5,12-13H2,1-4H3,(H,22,23). The number of aliphatic imine (C=N–C) groups is 1. The second-order valence-corrected chi connectivity index (χ2v) is 6.44. The highest BCUT2D eigenvalue weighted by Crippen LogP contribution is 2.37. The van der Waals surface area contributed by atoms with Gasteiger partial charge >= 0.3 is 0 Å². The molecule has 0 saturated carbocycles. The second-order valence-electron chi connectivity index (χ2n) is 6.00. The number of ether oxygens (including phenoxy) is 2. The molecule has 7 heteroatoms. The lowest BCUT2D eigenvalue weighted by molar-refractivity contribution is 0.339. The van der Waals surface area contributed by atoms with Gasteiger partial charge in [-0.15, -0.1) is 0 Å². The van der Waals surface area contributed by atoms with Crippen molar-refractivity contribution in [3.8, 4) is 17.2 Å². The number of nitrogens with one attached hydrogen (secondary N) is 1. The molecule has 2 rings (SSSR count). The van der Waals surface area contributed by atoms with Gasteiger partial charge in [0.15, 0.2) is 17.5 Å². The van der Waals surface area contributed by atoms with Gasteiger partial charge in [0.05, 0.1) is 20.8 Å². The van der Waals surface area contributed by atoms with E-state index in [1.54, 1.807) is 12.1 Å². The van der Waals surface area contributed by atoms with E-state index in [-0.39, 0.29) is 5.75 Å². The van der Waals surface area contributed by atoms with Crippen molar-refractivity contribution < 1.29 is 14.6 Å². The Labute approximate surface area is 165 Å². The Morgan fingerprint density at radius 1 is 1.11 bits per heavy atom. The number of phenolic OH excluding ortho intramolecular Hbond substituents is 1. The number of guanidine groups is 1. The molecular formula is C20H26ClN3O3. The van der Waals surface area contributed by atoms with Gasteiger partial charge in [0, 0.05) is 25.2 Å². The van der Waals surface area contributed by atoms with Crippen molar-refractivity contribution in [2.45, 2.75) is 20.0 Å². The number of halogens is 1. The minimum absolute atomic E-state index is 0.0144. The summed E-state index contributed by atoms with van der Waals surface area (Å²) in [5, 5.41) is 14.0. The molecule has 2 aromatic carbocycles. The largest absolute Gasteiger partial charge is 0.502 e. The molecule has 146 valence electrons. The lowest BCUT2D eigenvalue weighted by Crippen LogP contribution is -2.38. The summed E-state index contributed by atoms with van der Waals surface area (Å²) in [6, 6.07) is 11.3. The molecule has 0 aliphatic carbocycles. The zero-order chi connectivity index (χ0) is 19.8. The maximum atomic E-state index is 10.0. The first-order valence-electron chi connectivity index (χ1n) is 8.66. The summed E-state index contributed by atoms with van der Waals surface area (Å²) in [4.78, 5) is 6.73. The number of hydrogen-bond donors (Lipinski definition) is 2. The first-order chi connectivity index (χ1) is 13.0. The van der Waals surface area contributed by atoms with Crippen molar-refractivity contribution in [3.05, 3.63) is 52.5 Å². The molecule has 0 aromatic heterocycles. The minimum Gasteiger partial charge on any atom is -0.502 e. The van der Waals surface area contributed by atoms with E-state index in [0.717, 1.165) is 28.7 Å². The van der Waals surface area contributed by atoms with E-state index in [1.165, 1.54) is 14.2 Å². The highest BCUT2D eigenvalue weighted by molar-refractivity contribution is 6.30. The molecule has 0 unspecified atom stereocenters. The fourth-order valence-electron chi connectivity index (χ4n) is 2.61. The molecule has 0 aliphatic heterocycles. The monoisotopic (exact) mass is 391 g/mol. The van der Waals surface area contributed by atoms with Crippen molar-refractivity contribution in [2.75, 3.05) is 27.8 Å². The third kappa shape index (κ3) is 5.69. The van der Waals surface area contributed by atoms with Crippen LogP contribution in [0.25, 0.3) is 0 Å². The Hall–Kier alpha value is -2.60. The van der Waals surface area contributed by atoms with Crippen LogP contribution in [0.5, 0.6) is 17.2 Å². The van der Waals surface area contributed by atoms with E-state index in [4.69, 9.17) is 26.1 Å². The smallest absolute Gasteiger partial charge is 0.200 e. The van der Waals surface area contributed by atoms with Crippen molar-refractivity contribution in [2.24, 2.45) is 4.99 Å². The minimum atomic E-state index is -0.0144. The van der Waals surface area contributed by atoms with Gasteiger partial charge in [-0.05, 0) is 42.3 Å². The number of benzene rings is 2. The van der Waals surface area contributed by atoms with Crippen LogP contribution in [0.15, 0.2) is 41.4 Å². The fraction of sp³-hybridized carbons (Fsp3) is 0.350.